The number of sulfonamides is 1. The molecule has 8 heteroatoms. The van der Waals surface area contributed by atoms with Crippen LogP contribution in [0.1, 0.15) is 6.42 Å². The van der Waals surface area contributed by atoms with E-state index in [1.165, 1.54) is 14.1 Å². The van der Waals surface area contributed by atoms with Crippen molar-refractivity contribution in [1.29, 1.82) is 0 Å². The Hall–Kier alpha value is -1.41. The summed E-state index contributed by atoms with van der Waals surface area (Å²) in [6.07, 6.45) is 4.44. The Morgan fingerprint density at radius 3 is 2.33 bits per heavy atom. The number of rotatable bonds is 6. The Morgan fingerprint density at radius 2 is 1.81 bits per heavy atom. The van der Waals surface area contributed by atoms with E-state index in [4.69, 9.17) is 0 Å². The average Bonchev–Trinajstić information content (AvgIpc) is 2.97. The third-order valence-electron chi connectivity index (χ3n) is 4.26. The molecule has 2 rings (SSSR count). The molecule has 0 aromatic heterocycles. The van der Waals surface area contributed by atoms with Crippen molar-refractivity contribution in [3.05, 3.63) is 12.2 Å². The zero-order valence-electron chi connectivity index (χ0n) is 12.0. The average molecular weight is 316 g/mol. The first-order valence-corrected chi connectivity index (χ1v) is 8.44. The molecule has 1 saturated carbocycles. The zero-order valence-corrected chi connectivity index (χ0v) is 12.8. The van der Waals surface area contributed by atoms with Crippen LogP contribution in [0.2, 0.25) is 0 Å². The number of allylic oxidation sites excluding steroid dienone is 2. The Labute approximate surface area is 124 Å². The molecule has 2 aliphatic rings. The number of aliphatic carboxylic acids is 1. The van der Waals surface area contributed by atoms with E-state index in [0.29, 0.717) is 6.42 Å². The summed E-state index contributed by atoms with van der Waals surface area (Å²) in [5, 5.41) is 11.8. The lowest BCUT2D eigenvalue weighted by atomic mass is 9.82. The van der Waals surface area contributed by atoms with Gasteiger partial charge < -0.3 is 10.4 Å². The molecule has 1 fully saturated rings. The summed E-state index contributed by atoms with van der Waals surface area (Å²) in [7, 11) is -0.511. The standard InChI is InChI=1S/C13H20N2O5S/c1-15(2)21(19,20)6-5-14-12(16)10-8-3-4-9(7-8)11(10)13(17)18/h3-4,8-11H,5-7H2,1-2H3,(H,14,16)(H,17,18)/t8?,9?,10-,11+/m0/s1. The number of amides is 1. The third kappa shape index (κ3) is 3.11. The number of fused-ring (bicyclic) bond motifs is 2. The fourth-order valence-corrected chi connectivity index (χ4v) is 3.85. The fourth-order valence-electron chi connectivity index (χ4n) is 3.12. The topological polar surface area (TPSA) is 104 Å². The maximum absolute atomic E-state index is 12.2. The molecule has 2 bridgehead atoms. The molecule has 118 valence electrons. The number of nitrogens with one attached hydrogen (secondary N) is 1. The highest BCUT2D eigenvalue weighted by Gasteiger charge is 2.51. The summed E-state index contributed by atoms with van der Waals surface area (Å²) >= 11 is 0. The number of carbonyl (C=O) groups is 2. The molecule has 0 radical (unpaired) electrons. The Morgan fingerprint density at radius 1 is 1.24 bits per heavy atom. The summed E-state index contributed by atoms with van der Waals surface area (Å²) in [5.41, 5.74) is 0. The van der Waals surface area contributed by atoms with Gasteiger partial charge in [-0.25, -0.2) is 12.7 Å². The molecule has 2 unspecified atom stereocenters. The number of hydrogen-bond acceptors (Lipinski definition) is 4. The van der Waals surface area contributed by atoms with Gasteiger partial charge in [-0.15, -0.1) is 0 Å². The summed E-state index contributed by atoms with van der Waals surface area (Å²) in [5.74, 6) is -2.97. The van der Waals surface area contributed by atoms with Crippen LogP contribution in [0.15, 0.2) is 12.2 Å². The van der Waals surface area contributed by atoms with Gasteiger partial charge in [0.05, 0.1) is 17.6 Å². The van der Waals surface area contributed by atoms with Crippen molar-refractivity contribution in [2.45, 2.75) is 6.42 Å². The lowest BCUT2D eigenvalue weighted by Gasteiger charge is -2.24. The van der Waals surface area contributed by atoms with Crippen molar-refractivity contribution in [3.8, 4) is 0 Å². The highest BCUT2D eigenvalue weighted by atomic mass is 32.2. The molecule has 7 nitrogen and oxygen atoms in total. The molecular formula is C13H20N2O5S. The van der Waals surface area contributed by atoms with E-state index in [1.54, 1.807) is 0 Å². The molecule has 0 heterocycles. The highest BCUT2D eigenvalue weighted by Crippen LogP contribution is 2.48. The van der Waals surface area contributed by atoms with Crippen LogP contribution in [-0.2, 0) is 19.6 Å². The molecule has 2 aliphatic carbocycles. The van der Waals surface area contributed by atoms with E-state index in [2.05, 4.69) is 5.32 Å². The van der Waals surface area contributed by atoms with Gasteiger partial charge in [-0.05, 0) is 18.3 Å². The van der Waals surface area contributed by atoms with Gasteiger partial charge in [0.1, 0.15) is 0 Å². The smallest absolute Gasteiger partial charge is 0.307 e. The second-order valence-electron chi connectivity index (χ2n) is 5.73. The molecule has 0 saturated heterocycles. The minimum absolute atomic E-state index is 0.0106. The molecule has 0 aromatic rings. The van der Waals surface area contributed by atoms with Gasteiger partial charge in [0.15, 0.2) is 0 Å². The Balaban J connectivity index is 1.95. The molecule has 0 aliphatic heterocycles. The minimum atomic E-state index is -3.37. The second kappa shape index (κ2) is 5.76. The Kier molecular flexibility index (Phi) is 4.38. The van der Waals surface area contributed by atoms with Crippen LogP contribution in [0.5, 0.6) is 0 Å². The van der Waals surface area contributed by atoms with E-state index >= 15 is 0 Å². The van der Waals surface area contributed by atoms with Crippen molar-refractivity contribution in [2.75, 3.05) is 26.4 Å². The van der Waals surface area contributed by atoms with Gasteiger partial charge >= 0.3 is 5.97 Å². The lowest BCUT2D eigenvalue weighted by Crippen LogP contribution is -2.42. The maximum atomic E-state index is 12.2. The van der Waals surface area contributed by atoms with Crippen molar-refractivity contribution in [3.63, 3.8) is 0 Å². The normalized spacial score (nSPS) is 30.8. The fraction of sp³-hybridized carbons (Fsp3) is 0.692. The number of carboxylic acid groups (broad SMARTS) is 1. The van der Waals surface area contributed by atoms with E-state index < -0.39 is 27.8 Å². The van der Waals surface area contributed by atoms with Crippen LogP contribution in [0.25, 0.3) is 0 Å². The number of carbonyl (C=O) groups excluding carboxylic acids is 1. The van der Waals surface area contributed by atoms with Crippen LogP contribution in [0.4, 0.5) is 0 Å². The molecule has 1 amide bonds. The van der Waals surface area contributed by atoms with Gasteiger partial charge in [-0.1, -0.05) is 12.2 Å². The first-order chi connectivity index (χ1) is 9.74. The minimum Gasteiger partial charge on any atom is -0.481 e. The maximum Gasteiger partial charge on any atom is 0.307 e. The molecule has 21 heavy (non-hydrogen) atoms. The largest absolute Gasteiger partial charge is 0.481 e. The zero-order chi connectivity index (χ0) is 15.8. The first-order valence-electron chi connectivity index (χ1n) is 6.83. The van der Waals surface area contributed by atoms with Crippen LogP contribution < -0.4 is 5.32 Å². The van der Waals surface area contributed by atoms with Gasteiger partial charge in [0.25, 0.3) is 0 Å². The second-order valence-corrected chi connectivity index (χ2v) is 8.03. The first kappa shape index (κ1) is 16.0. The quantitative estimate of drug-likeness (QED) is 0.644. The van der Waals surface area contributed by atoms with Gasteiger partial charge in [0, 0.05) is 20.6 Å². The van der Waals surface area contributed by atoms with Crippen molar-refractivity contribution >= 4 is 21.9 Å². The summed E-state index contributed by atoms with van der Waals surface area (Å²) in [6.45, 7) is -0.0106. The third-order valence-corrected chi connectivity index (χ3v) is 6.10. The molecule has 0 aromatic carbocycles. The van der Waals surface area contributed by atoms with E-state index in [9.17, 15) is 23.1 Å². The van der Waals surface area contributed by atoms with Gasteiger partial charge in [-0.2, -0.15) is 0 Å². The molecule has 0 spiro atoms. The van der Waals surface area contributed by atoms with E-state index in [1.807, 2.05) is 12.2 Å². The number of hydrogen-bond donors (Lipinski definition) is 2. The van der Waals surface area contributed by atoms with E-state index in [-0.39, 0.29) is 30.0 Å². The van der Waals surface area contributed by atoms with Crippen LogP contribution in [0.3, 0.4) is 0 Å². The molecular weight excluding hydrogens is 296 g/mol. The van der Waals surface area contributed by atoms with Crippen LogP contribution in [0, 0.1) is 23.7 Å². The van der Waals surface area contributed by atoms with Crippen LogP contribution >= 0.6 is 0 Å². The van der Waals surface area contributed by atoms with Gasteiger partial charge in [0.2, 0.25) is 15.9 Å². The molecule has 4 atom stereocenters. The predicted molar refractivity (Wildman–Crippen MR) is 75.8 cm³/mol. The van der Waals surface area contributed by atoms with Crippen LogP contribution in [-0.4, -0.2) is 56.1 Å². The Bertz CT molecular complexity index is 569. The van der Waals surface area contributed by atoms with Crippen molar-refractivity contribution in [2.24, 2.45) is 23.7 Å². The van der Waals surface area contributed by atoms with E-state index in [0.717, 1.165) is 4.31 Å². The summed E-state index contributed by atoms with van der Waals surface area (Å²) < 4.78 is 24.3. The lowest BCUT2D eigenvalue weighted by molar-refractivity contribution is -0.147. The number of nitrogens with zero attached hydrogens (tertiary/aromatic N) is 1. The number of carboxylic acids is 1. The summed E-state index contributed by atoms with van der Waals surface area (Å²) in [6, 6.07) is 0. The highest BCUT2D eigenvalue weighted by molar-refractivity contribution is 7.89. The van der Waals surface area contributed by atoms with Crippen molar-refractivity contribution < 1.29 is 23.1 Å². The summed E-state index contributed by atoms with van der Waals surface area (Å²) in [4.78, 5) is 23.5. The SMILES string of the molecule is CN(C)S(=O)(=O)CCNC(=O)[C@H]1C2C=CC(C2)[C@H]1C(=O)O. The van der Waals surface area contributed by atoms with Gasteiger partial charge in [-0.3, -0.25) is 9.59 Å². The monoisotopic (exact) mass is 316 g/mol. The predicted octanol–water partition coefficient (Wildman–Crippen LogP) is -0.483. The van der Waals surface area contributed by atoms with Crippen molar-refractivity contribution in [1.82, 2.24) is 9.62 Å². The molecule has 2 N–H and O–H groups in total.